The molecule has 1 aromatic rings. The van der Waals surface area contributed by atoms with Crippen molar-refractivity contribution < 1.29 is 4.39 Å². The van der Waals surface area contributed by atoms with Gasteiger partial charge in [0.05, 0.1) is 0 Å². The van der Waals surface area contributed by atoms with Crippen LogP contribution in [0.2, 0.25) is 0 Å². The number of alkyl halides is 1. The van der Waals surface area contributed by atoms with Crippen LogP contribution in [0.3, 0.4) is 0 Å². The average Bonchev–Trinajstić information content (AvgIpc) is 2.95. The Kier molecular flexibility index (Phi) is 4.11. The van der Waals surface area contributed by atoms with Crippen LogP contribution in [-0.4, -0.2) is 5.67 Å². The summed E-state index contributed by atoms with van der Waals surface area (Å²) in [4.78, 5) is 0. The first kappa shape index (κ1) is 13.2. The number of allylic oxidation sites excluding steroid dienone is 1. The van der Waals surface area contributed by atoms with Crippen molar-refractivity contribution >= 4 is 18.5 Å². The number of hydrogen-bond donors (Lipinski definition) is 1. The average molecular weight is 242 g/mol. The van der Waals surface area contributed by atoms with Gasteiger partial charge in [-0.15, -0.1) is 12.4 Å². The molecule has 16 heavy (non-hydrogen) atoms. The van der Waals surface area contributed by atoms with Crippen molar-refractivity contribution in [3.63, 3.8) is 0 Å². The van der Waals surface area contributed by atoms with Gasteiger partial charge in [-0.25, -0.2) is 4.39 Å². The Labute approximate surface area is 102 Å². The molecule has 0 aromatic heterocycles. The molecule has 0 bridgehead atoms. The van der Waals surface area contributed by atoms with Crippen molar-refractivity contribution in [1.82, 2.24) is 0 Å². The molecule has 1 atom stereocenters. The summed E-state index contributed by atoms with van der Waals surface area (Å²) >= 11 is 0. The molecule has 1 fully saturated rings. The lowest BCUT2D eigenvalue weighted by Gasteiger charge is -2.09. The molecular weight excluding hydrogens is 225 g/mol. The van der Waals surface area contributed by atoms with E-state index in [2.05, 4.69) is 0 Å². The van der Waals surface area contributed by atoms with E-state index in [-0.39, 0.29) is 18.4 Å². The fourth-order valence-corrected chi connectivity index (χ4v) is 1.60. The zero-order valence-electron chi connectivity index (χ0n) is 9.32. The van der Waals surface area contributed by atoms with Crippen LogP contribution in [0.25, 0.3) is 6.08 Å². The normalized spacial score (nSPS) is 19.2. The van der Waals surface area contributed by atoms with E-state index in [1.807, 2.05) is 37.3 Å². The SMILES string of the molecule is C[C@H](N)c1ccccc1/C=C/C1(F)CC1.Cl. The lowest BCUT2D eigenvalue weighted by atomic mass is 10.0. The Morgan fingerprint density at radius 1 is 1.38 bits per heavy atom. The maximum atomic E-state index is 13.4. The number of rotatable bonds is 3. The van der Waals surface area contributed by atoms with Crippen LogP contribution in [-0.2, 0) is 0 Å². The second kappa shape index (κ2) is 4.98. The quantitative estimate of drug-likeness (QED) is 0.859. The van der Waals surface area contributed by atoms with Crippen molar-refractivity contribution in [2.45, 2.75) is 31.5 Å². The smallest absolute Gasteiger partial charge is 0.129 e. The standard InChI is InChI=1S/C13H16FN.ClH/c1-10(15)12-5-3-2-4-11(12)6-7-13(14)8-9-13;/h2-7,10H,8-9,15H2,1H3;1H/b7-6+;/t10-;/m0./s1. The monoisotopic (exact) mass is 241 g/mol. The molecular formula is C13H17ClFN. The molecule has 0 saturated heterocycles. The molecule has 1 aromatic carbocycles. The molecule has 1 saturated carbocycles. The van der Waals surface area contributed by atoms with E-state index in [1.165, 1.54) is 0 Å². The van der Waals surface area contributed by atoms with Crippen LogP contribution >= 0.6 is 12.4 Å². The third-order valence-corrected chi connectivity index (χ3v) is 2.78. The van der Waals surface area contributed by atoms with Gasteiger partial charge in [-0.2, -0.15) is 0 Å². The second-order valence-corrected chi connectivity index (χ2v) is 4.29. The molecule has 2 rings (SSSR count). The number of benzene rings is 1. The highest BCUT2D eigenvalue weighted by molar-refractivity contribution is 5.85. The molecule has 88 valence electrons. The first-order chi connectivity index (χ1) is 7.11. The van der Waals surface area contributed by atoms with Crippen LogP contribution in [0, 0.1) is 0 Å². The van der Waals surface area contributed by atoms with Gasteiger partial charge in [0.15, 0.2) is 0 Å². The molecule has 0 radical (unpaired) electrons. The lowest BCUT2D eigenvalue weighted by molar-refractivity contribution is 0.382. The van der Waals surface area contributed by atoms with Crippen molar-refractivity contribution in [2.75, 3.05) is 0 Å². The minimum absolute atomic E-state index is 0. The maximum absolute atomic E-state index is 13.4. The highest BCUT2D eigenvalue weighted by Crippen LogP contribution is 2.41. The van der Waals surface area contributed by atoms with E-state index in [0.717, 1.165) is 11.1 Å². The minimum Gasteiger partial charge on any atom is -0.324 e. The third-order valence-electron chi connectivity index (χ3n) is 2.78. The highest BCUT2D eigenvalue weighted by atomic mass is 35.5. The molecule has 1 nitrogen and oxygen atoms in total. The summed E-state index contributed by atoms with van der Waals surface area (Å²) in [5.74, 6) is 0. The molecule has 0 spiro atoms. The first-order valence-corrected chi connectivity index (χ1v) is 5.33. The van der Waals surface area contributed by atoms with Gasteiger partial charge >= 0.3 is 0 Å². The third kappa shape index (κ3) is 3.06. The van der Waals surface area contributed by atoms with Crippen LogP contribution in [0.5, 0.6) is 0 Å². The van der Waals surface area contributed by atoms with E-state index < -0.39 is 5.67 Å². The molecule has 0 heterocycles. The van der Waals surface area contributed by atoms with E-state index >= 15 is 0 Å². The van der Waals surface area contributed by atoms with Gasteiger partial charge in [0, 0.05) is 6.04 Å². The minimum atomic E-state index is -1.04. The predicted molar refractivity (Wildman–Crippen MR) is 68.4 cm³/mol. The molecule has 1 aliphatic carbocycles. The molecule has 0 unspecified atom stereocenters. The Balaban J connectivity index is 0.00000128. The fourth-order valence-electron chi connectivity index (χ4n) is 1.60. The molecule has 3 heteroatoms. The number of hydrogen-bond acceptors (Lipinski definition) is 1. The lowest BCUT2D eigenvalue weighted by Crippen LogP contribution is -2.06. The first-order valence-electron chi connectivity index (χ1n) is 5.33. The predicted octanol–water partition coefficient (Wildman–Crippen LogP) is 3.64. The van der Waals surface area contributed by atoms with Crippen LogP contribution < -0.4 is 5.73 Å². The van der Waals surface area contributed by atoms with E-state index in [4.69, 9.17) is 5.73 Å². The van der Waals surface area contributed by atoms with Crippen LogP contribution in [0.1, 0.15) is 36.9 Å². The molecule has 0 amide bonds. The second-order valence-electron chi connectivity index (χ2n) is 4.29. The van der Waals surface area contributed by atoms with Crippen molar-refractivity contribution in [3.05, 3.63) is 41.5 Å². The summed E-state index contributed by atoms with van der Waals surface area (Å²) in [7, 11) is 0. The Bertz CT molecular complexity index is 383. The van der Waals surface area contributed by atoms with E-state index in [1.54, 1.807) is 6.08 Å². The summed E-state index contributed by atoms with van der Waals surface area (Å²) in [5.41, 5.74) is 6.90. The maximum Gasteiger partial charge on any atom is 0.129 e. The van der Waals surface area contributed by atoms with Gasteiger partial charge in [-0.1, -0.05) is 30.3 Å². The van der Waals surface area contributed by atoms with Gasteiger partial charge in [-0.3, -0.25) is 0 Å². The fraction of sp³-hybridized carbons (Fsp3) is 0.385. The van der Waals surface area contributed by atoms with E-state index in [0.29, 0.717) is 12.8 Å². The van der Waals surface area contributed by atoms with Crippen LogP contribution in [0.4, 0.5) is 4.39 Å². The topological polar surface area (TPSA) is 26.0 Å². The van der Waals surface area contributed by atoms with Gasteiger partial charge in [0.25, 0.3) is 0 Å². The zero-order valence-corrected chi connectivity index (χ0v) is 10.1. The van der Waals surface area contributed by atoms with Crippen molar-refractivity contribution in [1.29, 1.82) is 0 Å². The Morgan fingerprint density at radius 2 is 2.00 bits per heavy atom. The van der Waals surface area contributed by atoms with Crippen molar-refractivity contribution in [2.24, 2.45) is 5.73 Å². The summed E-state index contributed by atoms with van der Waals surface area (Å²) in [6.45, 7) is 1.94. The zero-order chi connectivity index (χ0) is 10.9. The highest BCUT2D eigenvalue weighted by Gasteiger charge is 2.40. The molecule has 2 N–H and O–H groups in total. The van der Waals surface area contributed by atoms with Crippen LogP contribution in [0.15, 0.2) is 30.3 Å². The largest absolute Gasteiger partial charge is 0.324 e. The van der Waals surface area contributed by atoms with Gasteiger partial charge in [0.2, 0.25) is 0 Å². The molecule has 0 aliphatic heterocycles. The summed E-state index contributed by atoms with van der Waals surface area (Å²) in [5, 5.41) is 0. The number of nitrogens with two attached hydrogens (primary N) is 1. The Hall–Kier alpha value is -0.860. The Morgan fingerprint density at radius 3 is 2.56 bits per heavy atom. The van der Waals surface area contributed by atoms with Gasteiger partial charge in [0.1, 0.15) is 5.67 Å². The van der Waals surface area contributed by atoms with Crippen molar-refractivity contribution in [3.8, 4) is 0 Å². The van der Waals surface area contributed by atoms with Gasteiger partial charge in [-0.05, 0) is 37.0 Å². The summed E-state index contributed by atoms with van der Waals surface area (Å²) in [6.07, 6.45) is 4.83. The number of halogens is 2. The summed E-state index contributed by atoms with van der Waals surface area (Å²) in [6, 6.07) is 7.85. The van der Waals surface area contributed by atoms with Gasteiger partial charge < -0.3 is 5.73 Å². The van der Waals surface area contributed by atoms with E-state index in [9.17, 15) is 4.39 Å². The summed E-state index contributed by atoms with van der Waals surface area (Å²) < 4.78 is 13.4. The molecule has 1 aliphatic rings.